The first-order chi connectivity index (χ1) is 19.1. The van der Waals surface area contributed by atoms with Gasteiger partial charge in [-0.1, -0.05) is 59.2 Å². The Balaban J connectivity index is 1.29. The van der Waals surface area contributed by atoms with Crippen molar-refractivity contribution in [3.8, 4) is 0 Å². The Hall–Kier alpha value is -1.61. The standard InChI is InChI=1S/C38H57NO2/c1-33(2,3)41-32(40)26-13-11-25(12-14-26)27-17-20-35(6)30(34(27,4)5)18-21-37(8)31(35)16-15-28-29-10-9-19-38(29,24-39)23-22-36(28,37)7/h11-14,17,28-31H,9-10,15-16,18-24,39H2,1-8H3/t28-,29?,30?,31?,35+,36-,37-,38-/m1/s1. The zero-order chi connectivity index (χ0) is 29.6. The number of nitrogens with two attached hydrogens (primary N) is 1. The summed E-state index contributed by atoms with van der Waals surface area (Å²) in [6, 6.07) is 8.23. The molecule has 2 N–H and O–H groups in total. The number of hydrogen-bond donors (Lipinski definition) is 1. The van der Waals surface area contributed by atoms with E-state index in [1.807, 2.05) is 32.9 Å². The maximum Gasteiger partial charge on any atom is 0.338 e. The summed E-state index contributed by atoms with van der Waals surface area (Å²) in [6.45, 7) is 19.8. The molecule has 0 aliphatic heterocycles. The average Bonchev–Trinajstić information content (AvgIpc) is 3.33. The van der Waals surface area contributed by atoms with Gasteiger partial charge in [0.05, 0.1) is 5.56 Å². The van der Waals surface area contributed by atoms with E-state index in [4.69, 9.17) is 10.5 Å². The summed E-state index contributed by atoms with van der Waals surface area (Å²) in [5.41, 5.74) is 11.1. The van der Waals surface area contributed by atoms with Gasteiger partial charge in [-0.3, -0.25) is 0 Å². The molecule has 4 saturated carbocycles. The molecule has 0 saturated heterocycles. The van der Waals surface area contributed by atoms with Gasteiger partial charge in [0.1, 0.15) is 5.60 Å². The number of ether oxygens (including phenoxy) is 1. The number of allylic oxidation sites excluding steroid dienone is 2. The van der Waals surface area contributed by atoms with Crippen LogP contribution in [0.1, 0.15) is 136 Å². The first kappa shape index (κ1) is 29.5. The molecule has 3 nitrogen and oxygen atoms in total. The molecule has 0 spiro atoms. The Bertz CT molecular complexity index is 1220. The first-order valence-electron chi connectivity index (χ1n) is 16.9. The fourth-order valence-electron chi connectivity index (χ4n) is 12.3. The molecule has 5 aliphatic carbocycles. The van der Waals surface area contributed by atoms with Gasteiger partial charge in [0, 0.05) is 0 Å². The number of fused-ring (bicyclic) bond motifs is 7. The van der Waals surface area contributed by atoms with Gasteiger partial charge < -0.3 is 10.5 Å². The van der Waals surface area contributed by atoms with Crippen molar-refractivity contribution in [2.24, 2.45) is 56.5 Å². The van der Waals surface area contributed by atoms with Crippen molar-refractivity contribution in [3.05, 3.63) is 41.5 Å². The lowest BCUT2D eigenvalue weighted by atomic mass is 9.32. The van der Waals surface area contributed by atoms with Gasteiger partial charge in [0.2, 0.25) is 0 Å². The predicted molar refractivity (Wildman–Crippen MR) is 169 cm³/mol. The van der Waals surface area contributed by atoms with Gasteiger partial charge in [-0.2, -0.15) is 0 Å². The molecule has 0 heterocycles. The SMILES string of the molecule is CC(C)(C)OC(=O)c1ccc(C2=CC[C@@]3(C)C(CC[C@]4(C)C3CC[C@@H]3C5CCC[C@]5(CN)CC[C@]34C)C2(C)C)cc1. The van der Waals surface area contributed by atoms with Crippen molar-refractivity contribution in [1.82, 2.24) is 0 Å². The molecule has 41 heavy (non-hydrogen) atoms. The smallest absolute Gasteiger partial charge is 0.338 e. The van der Waals surface area contributed by atoms with Crippen molar-refractivity contribution in [2.45, 2.75) is 125 Å². The fourth-order valence-corrected chi connectivity index (χ4v) is 12.3. The number of hydrogen-bond acceptors (Lipinski definition) is 3. The molecule has 4 fully saturated rings. The highest BCUT2D eigenvalue weighted by Crippen LogP contribution is 2.76. The highest BCUT2D eigenvalue weighted by molar-refractivity contribution is 5.90. The number of carbonyl (C=O) groups is 1. The average molecular weight is 560 g/mol. The molecule has 0 bridgehead atoms. The third-order valence-corrected chi connectivity index (χ3v) is 14.4. The Labute approximate surface area is 250 Å². The van der Waals surface area contributed by atoms with Crippen LogP contribution in [-0.2, 0) is 4.74 Å². The molecule has 0 amide bonds. The zero-order valence-electron chi connectivity index (χ0n) is 27.4. The number of esters is 1. The van der Waals surface area contributed by atoms with Crippen molar-refractivity contribution in [1.29, 1.82) is 0 Å². The van der Waals surface area contributed by atoms with E-state index in [0.29, 0.717) is 33.1 Å². The molecule has 0 aromatic heterocycles. The molecule has 5 aliphatic rings. The van der Waals surface area contributed by atoms with Crippen LogP contribution < -0.4 is 5.73 Å². The fraction of sp³-hybridized carbons (Fsp3) is 0.763. The van der Waals surface area contributed by atoms with Crippen molar-refractivity contribution < 1.29 is 9.53 Å². The lowest BCUT2D eigenvalue weighted by molar-refractivity contribution is -0.221. The van der Waals surface area contributed by atoms with E-state index >= 15 is 0 Å². The second kappa shape index (κ2) is 9.44. The van der Waals surface area contributed by atoms with E-state index in [0.717, 1.165) is 24.3 Å². The van der Waals surface area contributed by atoms with Gasteiger partial charge >= 0.3 is 5.97 Å². The van der Waals surface area contributed by atoms with Gasteiger partial charge in [0.25, 0.3) is 0 Å². The second-order valence-corrected chi connectivity index (χ2v) is 17.4. The van der Waals surface area contributed by atoms with Crippen LogP contribution in [0.4, 0.5) is 0 Å². The minimum absolute atomic E-state index is 0.0895. The minimum Gasteiger partial charge on any atom is -0.456 e. The predicted octanol–water partition coefficient (Wildman–Crippen LogP) is 9.45. The largest absolute Gasteiger partial charge is 0.456 e. The summed E-state index contributed by atoms with van der Waals surface area (Å²) < 4.78 is 5.61. The summed E-state index contributed by atoms with van der Waals surface area (Å²) in [5.74, 6) is 2.90. The summed E-state index contributed by atoms with van der Waals surface area (Å²) in [7, 11) is 0. The van der Waals surface area contributed by atoms with Gasteiger partial charge in [-0.15, -0.1) is 0 Å². The topological polar surface area (TPSA) is 52.3 Å². The van der Waals surface area contributed by atoms with Gasteiger partial charge in [0.15, 0.2) is 0 Å². The lowest BCUT2D eigenvalue weighted by Gasteiger charge is -2.72. The summed E-state index contributed by atoms with van der Waals surface area (Å²) in [6.07, 6.45) is 16.2. The van der Waals surface area contributed by atoms with Crippen LogP contribution in [0.5, 0.6) is 0 Å². The molecular formula is C38H57NO2. The van der Waals surface area contributed by atoms with Crippen LogP contribution in [0.2, 0.25) is 0 Å². The zero-order valence-corrected chi connectivity index (χ0v) is 27.4. The van der Waals surface area contributed by atoms with E-state index in [2.05, 4.69) is 52.8 Å². The Morgan fingerprint density at radius 2 is 1.56 bits per heavy atom. The quantitative estimate of drug-likeness (QED) is 0.375. The molecule has 3 unspecified atom stereocenters. The maximum absolute atomic E-state index is 12.6. The van der Waals surface area contributed by atoms with E-state index in [-0.39, 0.29) is 11.4 Å². The maximum atomic E-state index is 12.6. The minimum atomic E-state index is -0.484. The molecule has 6 rings (SSSR count). The van der Waals surface area contributed by atoms with E-state index in [9.17, 15) is 4.79 Å². The highest BCUT2D eigenvalue weighted by atomic mass is 16.6. The first-order valence-corrected chi connectivity index (χ1v) is 16.9. The summed E-state index contributed by atoms with van der Waals surface area (Å²) in [4.78, 5) is 12.6. The number of carbonyl (C=O) groups excluding carboxylic acids is 1. The monoisotopic (exact) mass is 559 g/mol. The van der Waals surface area contributed by atoms with E-state index in [1.54, 1.807) is 0 Å². The normalized spacial score (nSPS) is 43.2. The third kappa shape index (κ3) is 4.17. The molecule has 1 aromatic rings. The molecule has 1 aromatic carbocycles. The number of benzene rings is 1. The Morgan fingerprint density at radius 1 is 0.854 bits per heavy atom. The van der Waals surface area contributed by atoms with E-state index in [1.165, 1.54) is 75.3 Å². The van der Waals surface area contributed by atoms with Crippen molar-refractivity contribution >= 4 is 11.5 Å². The van der Waals surface area contributed by atoms with Gasteiger partial charge in [-0.05, 0) is 159 Å². The molecule has 0 radical (unpaired) electrons. The second-order valence-electron chi connectivity index (χ2n) is 17.4. The molecule has 3 heteroatoms. The molecular weight excluding hydrogens is 502 g/mol. The van der Waals surface area contributed by atoms with Crippen LogP contribution in [0.25, 0.3) is 5.57 Å². The van der Waals surface area contributed by atoms with Crippen LogP contribution in [0, 0.1) is 50.7 Å². The highest BCUT2D eigenvalue weighted by Gasteiger charge is 2.69. The van der Waals surface area contributed by atoms with Crippen molar-refractivity contribution in [3.63, 3.8) is 0 Å². The number of rotatable bonds is 3. The van der Waals surface area contributed by atoms with E-state index < -0.39 is 5.60 Å². The van der Waals surface area contributed by atoms with Crippen LogP contribution in [0.15, 0.2) is 30.3 Å². The molecule has 8 atom stereocenters. The third-order valence-electron chi connectivity index (χ3n) is 14.4. The Kier molecular flexibility index (Phi) is 6.79. The Morgan fingerprint density at radius 3 is 2.22 bits per heavy atom. The lowest BCUT2D eigenvalue weighted by Crippen LogP contribution is -2.65. The van der Waals surface area contributed by atoms with Crippen LogP contribution in [0.3, 0.4) is 0 Å². The van der Waals surface area contributed by atoms with Crippen LogP contribution >= 0.6 is 0 Å². The van der Waals surface area contributed by atoms with Crippen molar-refractivity contribution in [2.75, 3.05) is 6.54 Å². The summed E-state index contributed by atoms with van der Waals surface area (Å²) >= 11 is 0. The molecule has 226 valence electrons. The van der Waals surface area contributed by atoms with Crippen LogP contribution in [-0.4, -0.2) is 18.1 Å². The summed E-state index contributed by atoms with van der Waals surface area (Å²) in [5, 5.41) is 0. The van der Waals surface area contributed by atoms with Gasteiger partial charge in [-0.25, -0.2) is 4.79 Å².